The summed E-state index contributed by atoms with van der Waals surface area (Å²) in [5.41, 5.74) is 1.97. The van der Waals surface area contributed by atoms with Gasteiger partial charge in [0.1, 0.15) is 0 Å². The fraction of sp³-hybridized carbons (Fsp3) is 0.300. The molecule has 0 bridgehead atoms. The fourth-order valence-electron chi connectivity index (χ4n) is 2.66. The molecule has 0 unspecified atom stereocenters. The molecule has 142 valence electrons. The molecule has 0 radical (unpaired) electrons. The van der Waals surface area contributed by atoms with Crippen molar-refractivity contribution in [1.82, 2.24) is 5.32 Å². The highest BCUT2D eigenvalue weighted by atomic mass is 32.2. The standard InChI is InChI=1S/C20H22N2O4S/c1-13(14-7-11-18(12-8-14)27(2,25)26)21-19(23)16-5-9-17(10-6-16)22-20(24)15-3-4-15/h5-13,15H,3-4H2,1-2H3,(H,21,23)(H,22,24)/t13-/m1/s1. The van der Waals surface area contributed by atoms with Crippen molar-refractivity contribution >= 4 is 27.3 Å². The van der Waals surface area contributed by atoms with Crippen molar-refractivity contribution in [3.63, 3.8) is 0 Å². The van der Waals surface area contributed by atoms with Gasteiger partial charge in [0.25, 0.3) is 5.91 Å². The van der Waals surface area contributed by atoms with Crippen molar-refractivity contribution in [3.05, 3.63) is 59.7 Å². The van der Waals surface area contributed by atoms with Gasteiger partial charge in [-0.2, -0.15) is 0 Å². The van der Waals surface area contributed by atoms with Crippen LogP contribution in [-0.4, -0.2) is 26.5 Å². The van der Waals surface area contributed by atoms with Crippen molar-refractivity contribution in [2.45, 2.75) is 30.7 Å². The molecule has 1 atom stereocenters. The van der Waals surface area contributed by atoms with Crippen molar-refractivity contribution in [1.29, 1.82) is 0 Å². The lowest BCUT2D eigenvalue weighted by atomic mass is 10.1. The van der Waals surface area contributed by atoms with E-state index in [0.29, 0.717) is 11.3 Å². The summed E-state index contributed by atoms with van der Waals surface area (Å²) in [6.07, 6.45) is 3.04. The summed E-state index contributed by atoms with van der Waals surface area (Å²) >= 11 is 0. The van der Waals surface area contributed by atoms with Crippen LogP contribution < -0.4 is 10.6 Å². The molecule has 1 aliphatic carbocycles. The Bertz CT molecular complexity index is 946. The first kappa shape index (κ1) is 19.1. The van der Waals surface area contributed by atoms with Gasteiger partial charge in [0.15, 0.2) is 9.84 Å². The van der Waals surface area contributed by atoms with Crippen molar-refractivity contribution in [3.8, 4) is 0 Å². The summed E-state index contributed by atoms with van der Waals surface area (Å²) in [5, 5.41) is 5.72. The fourth-order valence-corrected chi connectivity index (χ4v) is 3.29. The molecule has 7 heteroatoms. The predicted octanol–water partition coefficient (Wildman–Crippen LogP) is 2.93. The van der Waals surface area contributed by atoms with Gasteiger partial charge in [0, 0.05) is 23.4 Å². The largest absolute Gasteiger partial charge is 0.346 e. The Morgan fingerprint density at radius 2 is 1.59 bits per heavy atom. The van der Waals surface area contributed by atoms with Gasteiger partial charge in [-0.3, -0.25) is 9.59 Å². The van der Waals surface area contributed by atoms with Crippen LogP contribution in [0.15, 0.2) is 53.4 Å². The van der Waals surface area contributed by atoms with Crippen LogP contribution in [0.3, 0.4) is 0 Å². The summed E-state index contributed by atoms with van der Waals surface area (Å²) in [6, 6.07) is 12.9. The van der Waals surface area contributed by atoms with Crippen LogP contribution in [0.5, 0.6) is 0 Å². The maximum Gasteiger partial charge on any atom is 0.251 e. The van der Waals surface area contributed by atoms with Crippen LogP contribution in [0.1, 0.15) is 41.7 Å². The van der Waals surface area contributed by atoms with E-state index in [2.05, 4.69) is 10.6 Å². The number of carbonyl (C=O) groups is 2. The number of anilines is 1. The number of benzene rings is 2. The molecule has 0 aromatic heterocycles. The summed E-state index contributed by atoms with van der Waals surface area (Å²) in [5.74, 6) is -0.0870. The molecule has 0 heterocycles. The number of sulfone groups is 1. The Morgan fingerprint density at radius 1 is 1.00 bits per heavy atom. The molecule has 6 nitrogen and oxygen atoms in total. The maximum absolute atomic E-state index is 12.4. The molecular formula is C20H22N2O4S. The van der Waals surface area contributed by atoms with Crippen LogP contribution in [0, 0.1) is 5.92 Å². The van der Waals surface area contributed by atoms with Crippen LogP contribution >= 0.6 is 0 Å². The molecule has 1 fully saturated rings. The number of hydrogen-bond acceptors (Lipinski definition) is 4. The lowest BCUT2D eigenvalue weighted by Crippen LogP contribution is -2.26. The minimum Gasteiger partial charge on any atom is -0.346 e. The van der Waals surface area contributed by atoms with Gasteiger partial charge in [0.2, 0.25) is 5.91 Å². The van der Waals surface area contributed by atoms with E-state index in [0.717, 1.165) is 24.7 Å². The molecule has 1 aliphatic rings. The minimum absolute atomic E-state index is 0.0263. The molecular weight excluding hydrogens is 364 g/mol. The third kappa shape index (κ3) is 4.95. The lowest BCUT2D eigenvalue weighted by Gasteiger charge is -2.15. The zero-order chi connectivity index (χ0) is 19.6. The molecule has 0 aliphatic heterocycles. The van der Waals surface area contributed by atoms with E-state index >= 15 is 0 Å². The monoisotopic (exact) mass is 386 g/mol. The smallest absolute Gasteiger partial charge is 0.251 e. The van der Waals surface area contributed by atoms with Crippen molar-refractivity contribution in [2.24, 2.45) is 5.92 Å². The first-order valence-corrected chi connectivity index (χ1v) is 10.6. The molecule has 27 heavy (non-hydrogen) atoms. The molecule has 0 saturated heterocycles. The molecule has 2 amide bonds. The molecule has 2 aromatic rings. The number of nitrogens with one attached hydrogen (secondary N) is 2. The Labute approximate surface area is 158 Å². The van der Waals surface area contributed by atoms with E-state index in [1.807, 2.05) is 6.92 Å². The van der Waals surface area contributed by atoms with Crippen LogP contribution in [-0.2, 0) is 14.6 Å². The highest BCUT2D eigenvalue weighted by molar-refractivity contribution is 7.90. The van der Waals surface area contributed by atoms with E-state index in [1.54, 1.807) is 36.4 Å². The van der Waals surface area contributed by atoms with Crippen molar-refractivity contribution in [2.75, 3.05) is 11.6 Å². The number of amides is 2. The van der Waals surface area contributed by atoms with Gasteiger partial charge in [-0.1, -0.05) is 12.1 Å². The third-order valence-corrected chi connectivity index (χ3v) is 5.65. The second-order valence-corrected chi connectivity index (χ2v) is 8.89. The van der Waals surface area contributed by atoms with E-state index in [1.165, 1.54) is 12.1 Å². The Hall–Kier alpha value is -2.67. The van der Waals surface area contributed by atoms with E-state index in [-0.39, 0.29) is 28.7 Å². The zero-order valence-electron chi connectivity index (χ0n) is 15.2. The molecule has 3 rings (SSSR count). The van der Waals surface area contributed by atoms with Gasteiger partial charge in [-0.05, 0) is 61.7 Å². The number of hydrogen-bond donors (Lipinski definition) is 2. The van der Waals surface area contributed by atoms with Crippen LogP contribution in [0.25, 0.3) is 0 Å². The summed E-state index contributed by atoms with van der Waals surface area (Å²) in [7, 11) is -3.24. The first-order chi connectivity index (χ1) is 12.7. The second-order valence-electron chi connectivity index (χ2n) is 6.88. The van der Waals surface area contributed by atoms with Gasteiger partial charge < -0.3 is 10.6 Å². The summed E-state index contributed by atoms with van der Waals surface area (Å²) in [6.45, 7) is 1.83. The lowest BCUT2D eigenvalue weighted by molar-refractivity contribution is -0.117. The zero-order valence-corrected chi connectivity index (χ0v) is 16.0. The van der Waals surface area contributed by atoms with Gasteiger partial charge >= 0.3 is 0 Å². The van der Waals surface area contributed by atoms with Gasteiger partial charge in [-0.15, -0.1) is 0 Å². The van der Waals surface area contributed by atoms with Gasteiger partial charge in [-0.25, -0.2) is 8.42 Å². The minimum atomic E-state index is -3.24. The quantitative estimate of drug-likeness (QED) is 0.798. The Balaban J connectivity index is 1.61. The second kappa shape index (κ2) is 7.52. The average Bonchev–Trinajstić information content (AvgIpc) is 3.47. The Kier molecular flexibility index (Phi) is 5.32. The molecule has 1 saturated carbocycles. The van der Waals surface area contributed by atoms with Gasteiger partial charge in [0.05, 0.1) is 10.9 Å². The topological polar surface area (TPSA) is 92.3 Å². The van der Waals surface area contributed by atoms with E-state index in [4.69, 9.17) is 0 Å². The molecule has 2 aromatic carbocycles. The van der Waals surface area contributed by atoms with Crippen LogP contribution in [0.4, 0.5) is 5.69 Å². The van der Waals surface area contributed by atoms with Crippen LogP contribution in [0.2, 0.25) is 0 Å². The first-order valence-electron chi connectivity index (χ1n) is 8.76. The number of carbonyl (C=O) groups excluding carboxylic acids is 2. The van der Waals surface area contributed by atoms with Crippen molar-refractivity contribution < 1.29 is 18.0 Å². The number of rotatable bonds is 6. The van der Waals surface area contributed by atoms with E-state index < -0.39 is 9.84 Å². The summed E-state index contributed by atoms with van der Waals surface area (Å²) < 4.78 is 23.0. The highest BCUT2D eigenvalue weighted by Crippen LogP contribution is 2.30. The predicted molar refractivity (Wildman–Crippen MR) is 103 cm³/mol. The maximum atomic E-state index is 12.4. The highest BCUT2D eigenvalue weighted by Gasteiger charge is 2.29. The third-order valence-electron chi connectivity index (χ3n) is 4.52. The average molecular weight is 386 g/mol. The normalized spacial score (nSPS) is 15.0. The molecule has 2 N–H and O–H groups in total. The Morgan fingerprint density at radius 3 is 2.11 bits per heavy atom. The van der Waals surface area contributed by atoms with E-state index in [9.17, 15) is 18.0 Å². The summed E-state index contributed by atoms with van der Waals surface area (Å²) in [4.78, 5) is 24.4. The molecule has 0 spiro atoms. The SMILES string of the molecule is C[C@@H](NC(=O)c1ccc(NC(=O)C2CC2)cc1)c1ccc(S(C)(=O)=O)cc1.